The van der Waals surface area contributed by atoms with Crippen molar-refractivity contribution in [2.45, 2.75) is 54.4 Å². The Bertz CT molecular complexity index is 525. The van der Waals surface area contributed by atoms with E-state index in [0.717, 1.165) is 25.7 Å². The first-order valence-electron chi connectivity index (χ1n) is 6.89. The fourth-order valence-corrected chi connectivity index (χ4v) is 2.95. The SMILES string of the molecule is C.C.Cc1cc2ccc1CCc1ccc(c(C)c1)CC2. The zero-order chi connectivity index (χ0) is 12.5. The molecule has 6 rings (SSSR count). The number of hydrogen-bond acceptors (Lipinski definition) is 0. The van der Waals surface area contributed by atoms with Crippen LogP contribution in [-0.4, -0.2) is 0 Å². The van der Waals surface area contributed by atoms with Crippen LogP contribution in [0.15, 0.2) is 36.4 Å². The van der Waals surface area contributed by atoms with Crippen molar-refractivity contribution in [1.82, 2.24) is 0 Å². The molecule has 0 heteroatoms. The van der Waals surface area contributed by atoms with Crippen molar-refractivity contribution in [3.63, 3.8) is 0 Å². The molecule has 4 aliphatic rings. The first-order chi connectivity index (χ1) is 8.72. The third-order valence-electron chi connectivity index (χ3n) is 4.18. The molecule has 0 saturated heterocycles. The highest BCUT2D eigenvalue weighted by molar-refractivity contribution is 5.36. The number of benzene rings is 2. The fraction of sp³-hybridized carbons (Fsp3) is 0.400. The fourth-order valence-electron chi connectivity index (χ4n) is 2.95. The highest BCUT2D eigenvalue weighted by Gasteiger charge is 2.07. The standard InChI is InChI=1S/C18H20.2CH4/c1-13-11-15-3-7-17(13)9-5-16-4-8-18(10-6-15)14(2)12-16;;/h3-4,7-8,11-12H,5-6,9-10H2,1-2H3;2*1H4. The van der Waals surface area contributed by atoms with Crippen molar-refractivity contribution < 1.29 is 0 Å². The molecule has 0 saturated carbocycles. The van der Waals surface area contributed by atoms with Gasteiger partial charge in [0, 0.05) is 0 Å². The summed E-state index contributed by atoms with van der Waals surface area (Å²) in [5, 5.41) is 0. The van der Waals surface area contributed by atoms with E-state index in [1.807, 2.05) is 0 Å². The van der Waals surface area contributed by atoms with E-state index >= 15 is 0 Å². The van der Waals surface area contributed by atoms with Crippen LogP contribution < -0.4 is 0 Å². The summed E-state index contributed by atoms with van der Waals surface area (Å²) < 4.78 is 0. The molecule has 0 atom stereocenters. The molecular formula is C20H28. The second-order valence-corrected chi connectivity index (χ2v) is 5.52. The van der Waals surface area contributed by atoms with Gasteiger partial charge >= 0.3 is 0 Å². The van der Waals surface area contributed by atoms with E-state index in [1.54, 1.807) is 0 Å². The molecular weight excluding hydrogens is 240 g/mol. The van der Waals surface area contributed by atoms with E-state index in [9.17, 15) is 0 Å². The van der Waals surface area contributed by atoms with Crippen LogP contribution >= 0.6 is 0 Å². The summed E-state index contributed by atoms with van der Waals surface area (Å²) in [6, 6.07) is 14.0. The normalized spacial score (nSPS) is 12.9. The lowest BCUT2D eigenvalue weighted by Gasteiger charge is -2.14. The molecule has 2 aromatic carbocycles. The molecule has 0 amide bonds. The van der Waals surface area contributed by atoms with E-state index in [2.05, 4.69) is 50.2 Å². The second kappa shape index (κ2) is 6.74. The second-order valence-electron chi connectivity index (χ2n) is 5.52. The largest absolute Gasteiger partial charge is 0.0776 e. The third kappa shape index (κ3) is 3.30. The van der Waals surface area contributed by atoms with E-state index in [1.165, 1.54) is 33.4 Å². The lowest BCUT2D eigenvalue weighted by Crippen LogP contribution is -2.01. The van der Waals surface area contributed by atoms with Crippen LogP contribution in [0.1, 0.15) is 48.2 Å². The molecule has 0 fully saturated rings. The predicted octanol–water partition coefficient (Wildman–Crippen LogP) is 5.46. The van der Waals surface area contributed by atoms with Gasteiger partial charge in [0.1, 0.15) is 0 Å². The Labute approximate surface area is 124 Å². The molecule has 4 bridgehead atoms. The highest BCUT2D eigenvalue weighted by Crippen LogP contribution is 2.20. The summed E-state index contributed by atoms with van der Waals surface area (Å²) in [5.74, 6) is 0. The van der Waals surface area contributed by atoms with Crippen molar-refractivity contribution in [3.05, 3.63) is 69.8 Å². The molecule has 0 N–H and O–H groups in total. The van der Waals surface area contributed by atoms with Gasteiger partial charge in [0.25, 0.3) is 0 Å². The van der Waals surface area contributed by atoms with E-state index in [0.29, 0.717) is 0 Å². The molecule has 0 radical (unpaired) electrons. The third-order valence-corrected chi connectivity index (χ3v) is 4.18. The van der Waals surface area contributed by atoms with Crippen molar-refractivity contribution in [2.75, 3.05) is 0 Å². The van der Waals surface area contributed by atoms with Gasteiger partial charge in [0.2, 0.25) is 0 Å². The maximum Gasteiger partial charge on any atom is -0.0236 e. The average Bonchev–Trinajstić information content (AvgIpc) is 2.34. The summed E-state index contributed by atoms with van der Waals surface area (Å²) in [6.45, 7) is 4.50. The maximum absolute atomic E-state index is 2.37. The van der Waals surface area contributed by atoms with Crippen LogP contribution in [0.2, 0.25) is 0 Å². The molecule has 0 spiro atoms. The lowest BCUT2D eigenvalue weighted by molar-refractivity contribution is 0.904. The number of aryl methyl sites for hydroxylation is 6. The first kappa shape index (κ1) is 16.5. The van der Waals surface area contributed by atoms with Gasteiger partial charge in [-0.2, -0.15) is 0 Å². The smallest absolute Gasteiger partial charge is 0.0236 e. The van der Waals surface area contributed by atoms with Crippen molar-refractivity contribution in [1.29, 1.82) is 0 Å². The van der Waals surface area contributed by atoms with Crippen molar-refractivity contribution >= 4 is 0 Å². The molecule has 0 aliphatic heterocycles. The van der Waals surface area contributed by atoms with Crippen molar-refractivity contribution in [2.24, 2.45) is 0 Å². The zero-order valence-electron chi connectivity index (χ0n) is 11.3. The summed E-state index contributed by atoms with van der Waals surface area (Å²) in [4.78, 5) is 0. The van der Waals surface area contributed by atoms with Crippen LogP contribution in [0.5, 0.6) is 0 Å². The van der Waals surface area contributed by atoms with Gasteiger partial charge in [0.05, 0.1) is 0 Å². The van der Waals surface area contributed by atoms with E-state index < -0.39 is 0 Å². The van der Waals surface area contributed by atoms with Gasteiger partial charge in [-0.1, -0.05) is 51.3 Å². The number of rotatable bonds is 0. The van der Waals surface area contributed by atoms with E-state index in [4.69, 9.17) is 0 Å². The molecule has 0 aromatic heterocycles. The topological polar surface area (TPSA) is 0 Å². The minimum atomic E-state index is 0. The maximum atomic E-state index is 2.37. The Morgan fingerprint density at radius 3 is 1.35 bits per heavy atom. The minimum absolute atomic E-state index is 0. The quantitative estimate of drug-likeness (QED) is 0.595. The molecule has 108 valence electrons. The average molecular weight is 268 g/mol. The van der Waals surface area contributed by atoms with Gasteiger partial charge in [-0.05, 0) is 72.9 Å². The van der Waals surface area contributed by atoms with Crippen LogP contribution in [0.25, 0.3) is 0 Å². The first-order valence-corrected chi connectivity index (χ1v) is 6.89. The predicted molar refractivity (Wildman–Crippen MR) is 90.6 cm³/mol. The van der Waals surface area contributed by atoms with Crippen LogP contribution in [-0.2, 0) is 25.7 Å². The Morgan fingerprint density at radius 2 is 1.00 bits per heavy atom. The molecule has 2 aromatic rings. The van der Waals surface area contributed by atoms with Gasteiger partial charge < -0.3 is 0 Å². The Hall–Kier alpha value is -1.56. The van der Waals surface area contributed by atoms with Crippen LogP contribution in [0.4, 0.5) is 0 Å². The zero-order valence-corrected chi connectivity index (χ0v) is 11.3. The molecule has 4 aliphatic carbocycles. The molecule has 0 heterocycles. The van der Waals surface area contributed by atoms with Gasteiger partial charge in [0.15, 0.2) is 0 Å². The van der Waals surface area contributed by atoms with Gasteiger partial charge in [-0.15, -0.1) is 0 Å². The van der Waals surface area contributed by atoms with Crippen LogP contribution in [0, 0.1) is 13.8 Å². The molecule has 0 unspecified atom stereocenters. The monoisotopic (exact) mass is 268 g/mol. The minimum Gasteiger partial charge on any atom is -0.0776 e. The van der Waals surface area contributed by atoms with E-state index in [-0.39, 0.29) is 14.9 Å². The highest BCUT2D eigenvalue weighted by atomic mass is 14.1. The summed E-state index contributed by atoms with van der Waals surface area (Å²) in [5.41, 5.74) is 8.86. The summed E-state index contributed by atoms with van der Waals surface area (Å²) >= 11 is 0. The van der Waals surface area contributed by atoms with Gasteiger partial charge in [-0.25, -0.2) is 0 Å². The molecule has 20 heavy (non-hydrogen) atoms. The number of hydrogen-bond donors (Lipinski definition) is 0. The Balaban J connectivity index is 0.000001000. The van der Waals surface area contributed by atoms with Crippen molar-refractivity contribution in [3.8, 4) is 0 Å². The Kier molecular flexibility index (Phi) is 5.56. The summed E-state index contributed by atoms with van der Waals surface area (Å²) in [7, 11) is 0. The molecule has 0 nitrogen and oxygen atoms in total. The lowest BCUT2D eigenvalue weighted by atomic mass is 9.92. The Morgan fingerprint density at radius 1 is 0.600 bits per heavy atom. The van der Waals surface area contributed by atoms with Gasteiger partial charge in [-0.3, -0.25) is 0 Å². The van der Waals surface area contributed by atoms with Crippen LogP contribution in [0.3, 0.4) is 0 Å². The summed E-state index contributed by atoms with van der Waals surface area (Å²) in [6.07, 6.45) is 4.62.